The molecule has 0 amide bonds. The summed E-state index contributed by atoms with van der Waals surface area (Å²) in [6.45, 7) is 1.57. The van der Waals surface area contributed by atoms with E-state index >= 15 is 0 Å². The number of rotatable bonds is 10. The van der Waals surface area contributed by atoms with Crippen molar-refractivity contribution in [1.29, 1.82) is 0 Å². The quantitative estimate of drug-likeness (QED) is 0.143. The lowest BCUT2D eigenvalue weighted by Crippen LogP contribution is -2.31. The SMILES string of the molecule is O=C(/C=C/c1cn(CC(O)CNCCc2c[nH]c3cc(F)ccc23)c2ccccc12)c1ccccc1. The molecule has 5 aromatic rings. The number of halogens is 1. The molecule has 6 heteroatoms. The molecule has 182 valence electrons. The van der Waals surface area contributed by atoms with Crippen molar-refractivity contribution in [3.05, 3.63) is 114 Å². The van der Waals surface area contributed by atoms with Crippen LogP contribution in [0.3, 0.4) is 0 Å². The highest BCUT2D eigenvalue weighted by Crippen LogP contribution is 2.23. The van der Waals surface area contributed by atoms with Gasteiger partial charge in [0, 0.05) is 58.4 Å². The van der Waals surface area contributed by atoms with Gasteiger partial charge in [0.1, 0.15) is 5.82 Å². The van der Waals surface area contributed by atoms with Crippen LogP contribution in [0.5, 0.6) is 0 Å². The number of aliphatic hydroxyl groups is 1. The third-order valence-electron chi connectivity index (χ3n) is 6.38. The zero-order valence-corrected chi connectivity index (χ0v) is 19.8. The van der Waals surface area contributed by atoms with Crippen LogP contribution >= 0.6 is 0 Å². The molecule has 0 aliphatic carbocycles. The number of fused-ring (bicyclic) bond motifs is 2. The second-order valence-corrected chi connectivity index (χ2v) is 8.93. The number of carbonyl (C=O) groups is 1. The highest BCUT2D eigenvalue weighted by atomic mass is 19.1. The number of para-hydroxylation sites is 1. The summed E-state index contributed by atoms with van der Waals surface area (Å²) >= 11 is 0. The third-order valence-corrected chi connectivity index (χ3v) is 6.38. The molecule has 0 aliphatic heterocycles. The van der Waals surface area contributed by atoms with Gasteiger partial charge in [0.25, 0.3) is 0 Å². The van der Waals surface area contributed by atoms with Crippen molar-refractivity contribution in [3.8, 4) is 0 Å². The Morgan fingerprint density at radius 3 is 2.72 bits per heavy atom. The largest absolute Gasteiger partial charge is 0.390 e. The van der Waals surface area contributed by atoms with E-state index in [9.17, 15) is 14.3 Å². The van der Waals surface area contributed by atoms with Gasteiger partial charge < -0.3 is 20.0 Å². The summed E-state index contributed by atoms with van der Waals surface area (Å²) in [5.41, 5.74) is 4.50. The average molecular weight is 482 g/mol. The number of benzene rings is 3. The molecule has 1 unspecified atom stereocenters. The van der Waals surface area contributed by atoms with Gasteiger partial charge in [-0.05, 0) is 54.9 Å². The van der Waals surface area contributed by atoms with Crippen molar-refractivity contribution < 1.29 is 14.3 Å². The van der Waals surface area contributed by atoms with Gasteiger partial charge in [-0.1, -0.05) is 48.5 Å². The summed E-state index contributed by atoms with van der Waals surface area (Å²) in [6.07, 6.45) is 7.51. The Hall–Kier alpha value is -4.00. The number of hydrogen-bond donors (Lipinski definition) is 3. The molecule has 0 saturated carbocycles. The lowest BCUT2D eigenvalue weighted by atomic mass is 10.1. The first-order chi connectivity index (χ1) is 17.6. The van der Waals surface area contributed by atoms with E-state index in [0.717, 1.165) is 39.4 Å². The van der Waals surface area contributed by atoms with Gasteiger partial charge in [0.15, 0.2) is 5.78 Å². The molecule has 3 N–H and O–H groups in total. The second-order valence-electron chi connectivity index (χ2n) is 8.93. The number of hydrogen-bond acceptors (Lipinski definition) is 3. The molecule has 0 radical (unpaired) electrons. The van der Waals surface area contributed by atoms with Crippen LogP contribution in [0.2, 0.25) is 0 Å². The Bertz CT molecular complexity index is 1520. The zero-order valence-electron chi connectivity index (χ0n) is 19.8. The molecule has 1 atom stereocenters. The maximum Gasteiger partial charge on any atom is 0.185 e. The summed E-state index contributed by atoms with van der Waals surface area (Å²) in [6, 6.07) is 21.9. The lowest BCUT2D eigenvalue weighted by Gasteiger charge is -2.13. The van der Waals surface area contributed by atoms with E-state index in [0.29, 0.717) is 25.2 Å². The van der Waals surface area contributed by atoms with E-state index in [1.807, 2.05) is 65.5 Å². The topological polar surface area (TPSA) is 70.1 Å². The number of aliphatic hydroxyl groups excluding tert-OH is 1. The number of carbonyl (C=O) groups excluding carboxylic acids is 1. The molecule has 2 aromatic heterocycles. The molecule has 0 saturated heterocycles. The first-order valence-corrected chi connectivity index (χ1v) is 12.1. The molecule has 0 spiro atoms. The molecule has 0 aliphatic rings. The normalized spacial score (nSPS) is 12.6. The Morgan fingerprint density at radius 1 is 1.06 bits per heavy atom. The summed E-state index contributed by atoms with van der Waals surface area (Å²) in [5, 5.41) is 16.1. The number of H-pyrrole nitrogens is 1. The van der Waals surface area contributed by atoms with Crippen LogP contribution in [-0.4, -0.2) is 39.6 Å². The molecular weight excluding hydrogens is 453 g/mol. The summed E-state index contributed by atoms with van der Waals surface area (Å²) in [5.74, 6) is -0.298. The van der Waals surface area contributed by atoms with Crippen molar-refractivity contribution in [2.24, 2.45) is 0 Å². The monoisotopic (exact) mass is 481 g/mol. The fraction of sp³-hybridized carbons (Fsp3) is 0.167. The lowest BCUT2D eigenvalue weighted by molar-refractivity contribution is 0.104. The fourth-order valence-corrected chi connectivity index (χ4v) is 4.57. The number of aromatic amines is 1. The first-order valence-electron chi connectivity index (χ1n) is 12.1. The zero-order chi connectivity index (χ0) is 24.9. The van der Waals surface area contributed by atoms with Crippen molar-refractivity contribution in [1.82, 2.24) is 14.9 Å². The van der Waals surface area contributed by atoms with Crippen LogP contribution in [0.25, 0.3) is 27.9 Å². The van der Waals surface area contributed by atoms with Crippen LogP contribution in [0.15, 0.2) is 91.3 Å². The number of allylic oxidation sites excluding steroid dienone is 1. The van der Waals surface area contributed by atoms with Gasteiger partial charge in [-0.2, -0.15) is 0 Å². The minimum absolute atomic E-state index is 0.0444. The van der Waals surface area contributed by atoms with Crippen LogP contribution in [0, 0.1) is 5.82 Å². The smallest absolute Gasteiger partial charge is 0.185 e. The predicted octanol–water partition coefficient (Wildman–Crippen LogP) is 5.35. The molecule has 3 aromatic carbocycles. The van der Waals surface area contributed by atoms with Crippen LogP contribution in [0.1, 0.15) is 21.5 Å². The van der Waals surface area contributed by atoms with Crippen LogP contribution in [-0.2, 0) is 13.0 Å². The van der Waals surface area contributed by atoms with Gasteiger partial charge in [-0.15, -0.1) is 0 Å². The molecule has 0 fully saturated rings. The summed E-state index contributed by atoms with van der Waals surface area (Å²) in [7, 11) is 0. The van der Waals surface area contributed by atoms with Gasteiger partial charge in [0.2, 0.25) is 0 Å². The van der Waals surface area contributed by atoms with Crippen molar-refractivity contribution >= 4 is 33.7 Å². The molecule has 5 rings (SSSR count). The van der Waals surface area contributed by atoms with Crippen molar-refractivity contribution in [2.75, 3.05) is 13.1 Å². The number of aromatic nitrogens is 2. The summed E-state index contributed by atoms with van der Waals surface area (Å²) in [4.78, 5) is 15.6. The minimum atomic E-state index is -0.583. The van der Waals surface area contributed by atoms with E-state index in [1.54, 1.807) is 24.3 Å². The number of ketones is 1. The fourth-order valence-electron chi connectivity index (χ4n) is 4.57. The maximum absolute atomic E-state index is 13.4. The van der Waals surface area contributed by atoms with E-state index in [4.69, 9.17) is 0 Å². The minimum Gasteiger partial charge on any atom is -0.390 e. The Balaban J connectivity index is 1.20. The van der Waals surface area contributed by atoms with Gasteiger partial charge in [-0.3, -0.25) is 4.79 Å². The van der Waals surface area contributed by atoms with Gasteiger partial charge >= 0.3 is 0 Å². The van der Waals surface area contributed by atoms with E-state index in [2.05, 4.69) is 10.3 Å². The average Bonchev–Trinajstić information content (AvgIpc) is 3.46. The van der Waals surface area contributed by atoms with Crippen LogP contribution in [0.4, 0.5) is 4.39 Å². The Kier molecular flexibility index (Phi) is 7.07. The van der Waals surface area contributed by atoms with Crippen molar-refractivity contribution in [3.63, 3.8) is 0 Å². The molecule has 0 bridgehead atoms. The maximum atomic E-state index is 13.4. The highest BCUT2D eigenvalue weighted by Gasteiger charge is 2.11. The molecular formula is C30H28FN3O2. The van der Waals surface area contributed by atoms with Crippen molar-refractivity contribution in [2.45, 2.75) is 19.1 Å². The number of nitrogens with zero attached hydrogens (tertiary/aromatic N) is 1. The highest BCUT2D eigenvalue weighted by molar-refractivity contribution is 6.07. The standard InChI is InChI=1S/C30H28FN3O2/c31-24-11-12-26-22(17-33-28(26)16-24)14-15-32-18-25(35)20-34-19-23(27-8-4-5-9-29(27)34)10-13-30(36)21-6-2-1-3-7-21/h1-13,16-17,19,25,32-33,35H,14-15,18,20H2/b13-10+. The van der Waals surface area contributed by atoms with E-state index in [-0.39, 0.29) is 11.6 Å². The van der Waals surface area contributed by atoms with E-state index < -0.39 is 6.10 Å². The predicted molar refractivity (Wildman–Crippen MR) is 143 cm³/mol. The van der Waals surface area contributed by atoms with Gasteiger partial charge in [-0.25, -0.2) is 4.39 Å². The Labute approximate surface area is 208 Å². The van der Waals surface area contributed by atoms with E-state index in [1.165, 1.54) is 12.1 Å². The second kappa shape index (κ2) is 10.7. The van der Waals surface area contributed by atoms with Gasteiger partial charge in [0.05, 0.1) is 6.10 Å². The summed E-state index contributed by atoms with van der Waals surface area (Å²) < 4.78 is 15.4. The third kappa shape index (κ3) is 5.30. The molecule has 5 nitrogen and oxygen atoms in total. The molecule has 2 heterocycles. The van der Waals surface area contributed by atoms with Crippen LogP contribution < -0.4 is 5.32 Å². The number of nitrogens with one attached hydrogen (secondary N) is 2. The molecule has 36 heavy (non-hydrogen) atoms. The Morgan fingerprint density at radius 2 is 1.86 bits per heavy atom. The first kappa shape index (κ1) is 23.7.